The third-order valence-electron chi connectivity index (χ3n) is 1.76. The van der Waals surface area contributed by atoms with Gasteiger partial charge >= 0.3 is 5.97 Å². The Morgan fingerprint density at radius 1 is 1.40 bits per heavy atom. The number of carbonyl (C=O) groups is 1. The molecule has 3 nitrogen and oxygen atoms in total. The van der Waals surface area contributed by atoms with Crippen molar-refractivity contribution in [3.63, 3.8) is 0 Å². The Bertz CT molecular complexity index is 376. The topological polar surface area (TPSA) is 40.5 Å². The van der Waals surface area contributed by atoms with Crippen LogP contribution in [0.25, 0.3) is 0 Å². The second-order valence-electron chi connectivity index (χ2n) is 3.23. The van der Waals surface area contributed by atoms with Gasteiger partial charge in [-0.3, -0.25) is 9.69 Å². The first-order chi connectivity index (χ1) is 7.18. The summed E-state index contributed by atoms with van der Waals surface area (Å²) >= 11 is 0. The lowest BCUT2D eigenvalue weighted by atomic mass is 10.2. The zero-order chi connectivity index (χ0) is 11.1. The molecule has 0 spiro atoms. The number of carboxylic acids is 1. The van der Waals surface area contributed by atoms with Gasteiger partial charge in [0.05, 0.1) is 13.1 Å². The maximum atomic E-state index is 10.4. The van der Waals surface area contributed by atoms with Crippen LogP contribution in [0.1, 0.15) is 5.56 Å². The van der Waals surface area contributed by atoms with Crippen LogP contribution in [0, 0.1) is 11.8 Å². The van der Waals surface area contributed by atoms with Crippen LogP contribution < -0.4 is 0 Å². The molecule has 0 saturated heterocycles. The van der Waals surface area contributed by atoms with E-state index >= 15 is 0 Å². The van der Waals surface area contributed by atoms with E-state index in [9.17, 15) is 4.79 Å². The molecule has 1 aromatic carbocycles. The van der Waals surface area contributed by atoms with Crippen molar-refractivity contribution >= 4 is 5.97 Å². The fourth-order valence-corrected chi connectivity index (χ4v) is 1.08. The fourth-order valence-electron chi connectivity index (χ4n) is 1.08. The summed E-state index contributed by atoms with van der Waals surface area (Å²) in [5.74, 6) is 5.05. The quantitative estimate of drug-likeness (QED) is 0.747. The lowest BCUT2D eigenvalue weighted by molar-refractivity contribution is -0.137. The van der Waals surface area contributed by atoms with Crippen molar-refractivity contribution in [3.05, 3.63) is 35.9 Å². The number of rotatable bonds is 3. The highest BCUT2D eigenvalue weighted by Crippen LogP contribution is 1.94. The number of nitrogens with zero attached hydrogens (tertiary/aromatic N) is 1. The van der Waals surface area contributed by atoms with Crippen LogP contribution in [-0.2, 0) is 4.79 Å². The summed E-state index contributed by atoms with van der Waals surface area (Å²) in [7, 11) is 1.73. The largest absolute Gasteiger partial charge is 0.480 e. The van der Waals surface area contributed by atoms with Gasteiger partial charge in [0.1, 0.15) is 0 Å². The van der Waals surface area contributed by atoms with E-state index in [1.807, 2.05) is 30.3 Å². The molecule has 1 N–H and O–H groups in total. The van der Waals surface area contributed by atoms with Crippen molar-refractivity contribution in [3.8, 4) is 11.8 Å². The van der Waals surface area contributed by atoms with Gasteiger partial charge in [0.2, 0.25) is 0 Å². The van der Waals surface area contributed by atoms with Crippen molar-refractivity contribution in [2.75, 3.05) is 20.1 Å². The lowest BCUT2D eigenvalue weighted by Gasteiger charge is -2.08. The molecule has 0 aliphatic carbocycles. The third kappa shape index (κ3) is 4.84. The van der Waals surface area contributed by atoms with Crippen molar-refractivity contribution in [2.45, 2.75) is 0 Å². The standard InChI is InChI=1S/C12H13NO2/c1-13(10-12(14)15)9-5-8-11-6-3-2-4-7-11/h2-4,6-7H,9-10H2,1H3,(H,14,15). The van der Waals surface area contributed by atoms with E-state index in [1.54, 1.807) is 11.9 Å². The summed E-state index contributed by atoms with van der Waals surface area (Å²) in [5.41, 5.74) is 0.946. The summed E-state index contributed by atoms with van der Waals surface area (Å²) in [6.45, 7) is 0.477. The maximum Gasteiger partial charge on any atom is 0.317 e. The van der Waals surface area contributed by atoms with Crippen molar-refractivity contribution in [2.24, 2.45) is 0 Å². The van der Waals surface area contributed by atoms with Gasteiger partial charge in [-0.15, -0.1) is 0 Å². The highest BCUT2D eigenvalue weighted by molar-refractivity contribution is 5.69. The first kappa shape index (κ1) is 11.3. The Morgan fingerprint density at radius 3 is 2.67 bits per heavy atom. The van der Waals surface area contributed by atoms with Gasteiger partial charge in [-0.2, -0.15) is 0 Å². The van der Waals surface area contributed by atoms with Crippen LogP contribution in [0.4, 0.5) is 0 Å². The molecule has 15 heavy (non-hydrogen) atoms. The molecular formula is C12H13NO2. The minimum Gasteiger partial charge on any atom is -0.480 e. The molecule has 0 aliphatic rings. The zero-order valence-corrected chi connectivity index (χ0v) is 8.60. The van der Waals surface area contributed by atoms with Crippen molar-refractivity contribution in [1.82, 2.24) is 4.90 Å². The van der Waals surface area contributed by atoms with E-state index < -0.39 is 5.97 Å². The van der Waals surface area contributed by atoms with Gasteiger partial charge in [-0.05, 0) is 19.2 Å². The van der Waals surface area contributed by atoms with E-state index in [0.29, 0.717) is 6.54 Å². The fraction of sp³-hybridized carbons (Fsp3) is 0.250. The van der Waals surface area contributed by atoms with Crippen LogP contribution in [-0.4, -0.2) is 36.1 Å². The van der Waals surface area contributed by atoms with Gasteiger partial charge in [0.15, 0.2) is 0 Å². The number of carboxylic acid groups (broad SMARTS) is 1. The Morgan fingerprint density at radius 2 is 2.07 bits per heavy atom. The molecule has 0 amide bonds. The molecule has 0 bridgehead atoms. The highest BCUT2D eigenvalue weighted by atomic mass is 16.4. The number of hydrogen-bond donors (Lipinski definition) is 1. The van der Waals surface area contributed by atoms with Crippen molar-refractivity contribution < 1.29 is 9.90 Å². The predicted octanol–water partition coefficient (Wildman–Crippen LogP) is 1.05. The molecule has 0 unspecified atom stereocenters. The second kappa shape index (κ2) is 5.84. The first-order valence-electron chi connectivity index (χ1n) is 4.63. The molecule has 0 heterocycles. The molecule has 0 aliphatic heterocycles. The molecule has 0 saturated carbocycles. The van der Waals surface area contributed by atoms with Gasteiger partial charge < -0.3 is 5.11 Å². The summed E-state index contributed by atoms with van der Waals surface area (Å²) in [5, 5.41) is 8.51. The monoisotopic (exact) mass is 203 g/mol. The minimum absolute atomic E-state index is 0.0173. The lowest BCUT2D eigenvalue weighted by Crippen LogP contribution is -2.25. The van der Waals surface area contributed by atoms with Crippen LogP contribution in [0.5, 0.6) is 0 Å². The molecule has 0 radical (unpaired) electrons. The second-order valence-corrected chi connectivity index (χ2v) is 3.23. The van der Waals surface area contributed by atoms with Gasteiger partial charge in [-0.1, -0.05) is 30.0 Å². The summed E-state index contributed by atoms with van der Waals surface area (Å²) in [6, 6.07) is 9.62. The van der Waals surface area contributed by atoms with Gasteiger partial charge in [-0.25, -0.2) is 0 Å². The Balaban J connectivity index is 2.43. The third-order valence-corrected chi connectivity index (χ3v) is 1.76. The number of likely N-dealkylation sites (N-methyl/N-ethyl adjacent to an activating group) is 1. The van der Waals surface area contributed by atoms with Crippen LogP contribution in [0.3, 0.4) is 0 Å². The normalized spacial score (nSPS) is 9.47. The predicted molar refractivity (Wildman–Crippen MR) is 58.5 cm³/mol. The van der Waals surface area contributed by atoms with E-state index in [1.165, 1.54) is 0 Å². The van der Waals surface area contributed by atoms with E-state index in [-0.39, 0.29) is 6.54 Å². The van der Waals surface area contributed by atoms with Crippen LogP contribution in [0.15, 0.2) is 30.3 Å². The van der Waals surface area contributed by atoms with Gasteiger partial charge in [0.25, 0.3) is 0 Å². The Hall–Kier alpha value is -1.79. The van der Waals surface area contributed by atoms with Crippen molar-refractivity contribution in [1.29, 1.82) is 0 Å². The molecule has 78 valence electrons. The summed E-state index contributed by atoms with van der Waals surface area (Å²) in [6.07, 6.45) is 0. The van der Waals surface area contributed by atoms with E-state index in [0.717, 1.165) is 5.56 Å². The molecule has 0 aromatic heterocycles. The summed E-state index contributed by atoms with van der Waals surface area (Å²) < 4.78 is 0. The minimum atomic E-state index is -0.834. The average Bonchev–Trinajstić information content (AvgIpc) is 2.18. The van der Waals surface area contributed by atoms with E-state index in [2.05, 4.69) is 11.8 Å². The maximum absolute atomic E-state index is 10.4. The molecule has 3 heteroatoms. The number of benzene rings is 1. The number of hydrogen-bond acceptors (Lipinski definition) is 2. The van der Waals surface area contributed by atoms with Crippen LogP contribution >= 0.6 is 0 Å². The van der Waals surface area contributed by atoms with Gasteiger partial charge in [0, 0.05) is 5.56 Å². The zero-order valence-electron chi connectivity index (χ0n) is 8.60. The molecular weight excluding hydrogens is 190 g/mol. The molecule has 0 atom stereocenters. The molecule has 1 aromatic rings. The van der Waals surface area contributed by atoms with Crippen LogP contribution in [0.2, 0.25) is 0 Å². The Labute approximate surface area is 89.3 Å². The Kier molecular flexibility index (Phi) is 4.39. The average molecular weight is 203 g/mol. The SMILES string of the molecule is CN(CC#Cc1ccccc1)CC(=O)O. The smallest absolute Gasteiger partial charge is 0.317 e. The highest BCUT2D eigenvalue weighted by Gasteiger charge is 2.00. The summed E-state index contributed by atoms with van der Waals surface area (Å²) in [4.78, 5) is 12.0. The number of aliphatic carboxylic acids is 1. The molecule has 0 fully saturated rings. The first-order valence-corrected chi connectivity index (χ1v) is 4.63. The van der Waals surface area contributed by atoms with E-state index in [4.69, 9.17) is 5.11 Å². The molecule has 1 rings (SSSR count).